The van der Waals surface area contributed by atoms with Crippen molar-refractivity contribution in [3.63, 3.8) is 0 Å². The molecule has 0 amide bonds. The highest BCUT2D eigenvalue weighted by molar-refractivity contribution is 6.31. The average Bonchev–Trinajstić information content (AvgIpc) is 2.48. The largest absolute Gasteiger partial charge is 0.394 e. The van der Waals surface area contributed by atoms with Gasteiger partial charge in [0.05, 0.1) is 6.04 Å². The lowest BCUT2D eigenvalue weighted by atomic mass is 10.1. The first-order valence-corrected chi connectivity index (χ1v) is 7.88. The minimum atomic E-state index is -1.18. The van der Waals surface area contributed by atoms with Gasteiger partial charge in [-0.25, -0.2) is 5.43 Å². The molecule has 23 heavy (non-hydrogen) atoms. The fourth-order valence-corrected chi connectivity index (χ4v) is 2.02. The summed E-state index contributed by atoms with van der Waals surface area (Å²) in [4.78, 5) is 5.29. The molecule has 0 radical (unpaired) electrons. The van der Waals surface area contributed by atoms with E-state index in [4.69, 9.17) is 45.4 Å². The van der Waals surface area contributed by atoms with Gasteiger partial charge in [-0.2, -0.15) is 0 Å². The minimum Gasteiger partial charge on any atom is -0.394 e. The molecule has 0 aliphatic heterocycles. The molecule has 1 aromatic carbocycles. The number of hydrazine groups is 1. The molecule has 0 saturated heterocycles. The van der Waals surface area contributed by atoms with Gasteiger partial charge in [-0.3, -0.25) is 0 Å². The van der Waals surface area contributed by atoms with Crippen LogP contribution in [0.4, 0.5) is 0 Å². The molecule has 0 fully saturated rings. The molecular weight excluding hydrogens is 361 g/mol. The van der Waals surface area contributed by atoms with Crippen LogP contribution in [0.5, 0.6) is 0 Å². The van der Waals surface area contributed by atoms with E-state index in [2.05, 4.69) is 17.6 Å². The van der Waals surface area contributed by atoms with E-state index in [1.165, 1.54) is 0 Å². The van der Waals surface area contributed by atoms with Crippen LogP contribution in [0, 0.1) is 0 Å². The number of rotatable bonds is 9. The number of halogens is 3. The normalized spacial score (nSPS) is 14.7. The molecule has 5 N–H and O–H groups in total. The molecule has 0 bridgehead atoms. The Bertz CT molecular complexity index is 577. The summed E-state index contributed by atoms with van der Waals surface area (Å²) >= 11 is 17.2. The number of aliphatic hydroxyl groups is 1. The number of nitrogens with two attached hydrogens (primary N) is 1. The summed E-state index contributed by atoms with van der Waals surface area (Å²) < 4.78 is 0. The fraction of sp³-hybridized carbons (Fsp3) is 0.200. The van der Waals surface area contributed by atoms with Crippen molar-refractivity contribution in [1.29, 1.82) is 0 Å². The molecule has 1 rings (SSSR count). The molecule has 0 saturated carbocycles. The Kier molecular flexibility index (Phi) is 9.28. The van der Waals surface area contributed by atoms with Gasteiger partial charge in [0.15, 0.2) is 0 Å². The average molecular weight is 379 g/mol. The summed E-state index contributed by atoms with van der Waals surface area (Å²) in [6.45, 7) is 3.53. The molecule has 8 heteroatoms. The predicted octanol–water partition coefficient (Wildman–Crippen LogP) is 3.12. The van der Waals surface area contributed by atoms with E-state index < -0.39 is 12.3 Å². The second-order valence-electron chi connectivity index (χ2n) is 4.41. The van der Waals surface area contributed by atoms with Crippen molar-refractivity contribution < 1.29 is 9.94 Å². The lowest BCUT2D eigenvalue weighted by molar-refractivity contribution is 0.0317. The number of hydrogen-bond acceptors (Lipinski definition) is 5. The van der Waals surface area contributed by atoms with Gasteiger partial charge in [0, 0.05) is 15.9 Å². The molecule has 0 aliphatic carbocycles. The van der Waals surface area contributed by atoms with Crippen LogP contribution >= 0.6 is 34.8 Å². The molecule has 1 aromatic rings. The third-order valence-corrected chi connectivity index (χ3v) is 3.15. The maximum atomic E-state index is 9.70. The SMILES string of the molecule is C=C(Cl)/C=C\C(=C/CCl)ONNC(c1cccc(Cl)c1)C(N)O. The Morgan fingerprint density at radius 1 is 1.43 bits per heavy atom. The summed E-state index contributed by atoms with van der Waals surface area (Å²) in [6.07, 6.45) is 3.57. The molecule has 0 heterocycles. The number of aliphatic hydroxyl groups excluding tert-OH is 1. The van der Waals surface area contributed by atoms with Crippen LogP contribution in [0.25, 0.3) is 0 Å². The van der Waals surface area contributed by atoms with E-state index >= 15 is 0 Å². The van der Waals surface area contributed by atoms with Crippen LogP contribution in [-0.4, -0.2) is 17.2 Å². The van der Waals surface area contributed by atoms with Crippen molar-refractivity contribution >= 4 is 34.8 Å². The maximum Gasteiger partial charge on any atom is 0.146 e. The summed E-state index contributed by atoms with van der Waals surface area (Å²) in [5.41, 5.74) is 11.5. The van der Waals surface area contributed by atoms with Gasteiger partial charge in [-0.1, -0.05) is 47.5 Å². The van der Waals surface area contributed by atoms with E-state index in [0.717, 1.165) is 0 Å². The van der Waals surface area contributed by atoms with E-state index in [9.17, 15) is 5.11 Å². The van der Waals surface area contributed by atoms with Crippen molar-refractivity contribution in [1.82, 2.24) is 11.0 Å². The Hall–Kier alpha value is -1.05. The second kappa shape index (κ2) is 10.7. The molecule has 0 aromatic heterocycles. The number of alkyl halides is 1. The number of allylic oxidation sites excluding steroid dienone is 4. The molecule has 5 nitrogen and oxygen atoms in total. The zero-order chi connectivity index (χ0) is 17.2. The topological polar surface area (TPSA) is 79.5 Å². The second-order valence-corrected chi connectivity index (χ2v) is 5.64. The summed E-state index contributed by atoms with van der Waals surface area (Å²) in [7, 11) is 0. The van der Waals surface area contributed by atoms with Gasteiger partial charge in [-0.15, -0.1) is 11.6 Å². The quantitative estimate of drug-likeness (QED) is 0.175. The third kappa shape index (κ3) is 7.85. The Balaban J connectivity index is 2.68. The molecule has 2 atom stereocenters. The van der Waals surface area contributed by atoms with E-state index in [1.807, 2.05) is 0 Å². The van der Waals surface area contributed by atoms with Crippen LogP contribution in [0.2, 0.25) is 5.02 Å². The van der Waals surface area contributed by atoms with Gasteiger partial charge in [0.1, 0.15) is 12.0 Å². The van der Waals surface area contributed by atoms with Gasteiger partial charge >= 0.3 is 0 Å². The Morgan fingerprint density at radius 2 is 2.17 bits per heavy atom. The standard InChI is InChI=1S/C15H18Cl3N3O2/c1-10(17)5-6-13(7-8-16)23-21-20-14(15(19)22)11-3-2-4-12(18)9-11/h2-7,9,14-15,20-22H,1,8,19H2/b6-5-,13-7+. The highest BCUT2D eigenvalue weighted by Gasteiger charge is 2.17. The van der Waals surface area contributed by atoms with Crippen molar-refractivity contribution in [2.45, 2.75) is 12.3 Å². The third-order valence-electron chi connectivity index (χ3n) is 2.64. The van der Waals surface area contributed by atoms with Crippen molar-refractivity contribution in [3.05, 3.63) is 70.5 Å². The van der Waals surface area contributed by atoms with Gasteiger partial charge in [-0.05, 0) is 35.9 Å². The molecular formula is C15H18Cl3N3O2. The molecule has 2 unspecified atom stereocenters. The summed E-state index contributed by atoms with van der Waals surface area (Å²) in [5, 5.41) is 10.6. The molecule has 0 aliphatic rings. The first kappa shape index (κ1) is 20.0. The van der Waals surface area contributed by atoms with Crippen LogP contribution in [-0.2, 0) is 4.84 Å². The molecule has 0 spiro atoms. The van der Waals surface area contributed by atoms with Crippen LogP contribution in [0.15, 0.2) is 59.9 Å². The van der Waals surface area contributed by atoms with Gasteiger partial charge in [0.25, 0.3) is 0 Å². The van der Waals surface area contributed by atoms with Crippen molar-refractivity contribution in [3.8, 4) is 0 Å². The van der Waals surface area contributed by atoms with Crippen molar-refractivity contribution in [2.75, 3.05) is 5.88 Å². The monoisotopic (exact) mass is 377 g/mol. The lowest BCUT2D eigenvalue weighted by Gasteiger charge is -2.22. The zero-order valence-electron chi connectivity index (χ0n) is 12.2. The fourth-order valence-electron chi connectivity index (χ4n) is 1.61. The number of benzene rings is 1. The van der Waals surface area contributed by atoms with Gasteiger partial charge < -0.3 is 15.7 Å². The van der Waals surface area contributed by atoms with Crippen LogP contribution in [0.3, 0.4) is 0 Å². The van der Waals surface area contributed by atoms with E-state index in [-0.39, 0.29) is 5.88 Å². The van der Waals surface area contributed by atoms with Crippen LogP contribution in [0.1, 0.15) is 11.6 Å². The first-order valence-electron chi connectivity index (χ1n) is 6.59. The van der Waals surface area contributed by atoms with E-state index in [1.54, 1.807) is 42.5 Å². The zero-order valence-corrected chi connectivity index (χ0v) is 14.4. The predicted molar refractivity (Wildman–Crippen MR) is 94.7 cm³/mol. The highest BCUT2D eigenvalue weighted by Crippen LogP contribution is 2.18. The van der Waals surface area contributed by atoms with Gasteiger partial charge in [0.2, 0.25) is 0 Å². The smallest absolute Gasteiger partial charge is 0.146 e. The maximum absolute atomic E-state index is 9.70. The highest BCUT2D eigenvalue weighted by atomic mass is 35.5. The minimum absolute atomic E-state index is 0.243. The lowest BCUT2D eigenvalue weighted by Crippen LogP contribution is -2.44. The van der Waals surface area contributed by atoms with Crippen LogP contribution < -0.4 is 16.7 Å². The summed E-state index contributed by atoms with van der Waals surface area (Å²) in [6, 6.07) is 6.29. The number of hydrogen-bond donors (Lipinski definition) is 4. The molecule has 126 valence electrons. The van der Waals surface area contributed by atoms with Crippen molar-refractivity contribution in [2.24, 2.45) is 5.73 Å². The summed E-state index contributed by atoms with van der Waals surface area (Å²) in [5.74, 6) is 0.651. The van der Waals surface area contributed by atoms with E-state index in [0.29, 0.717) is 21.4 Å². The Labute approximate surface area is 150 Å². The Morgan fingerprint density at radius 3 is 2.74 bits per heavy atom. The number of nitrogens with one attached hydrogen (secondary N) is 2. The first-order chi connectivity index (χ1) is 10.9.